The second-order valence-electron chi connectivity index (χ2n) is 6.93. The maximum Gasteiger partial charge on any atom is 0.174 e. The first kappa shape index (κ1) is 22.0. The lowest BCUT2D eigenvalue weighted by Crippen LogP contribution is -2.23. The summed E-state index contributed by atoms with van der Waals surface area (Å²) in [5.41, 5.74) is 3.16. The molecule has 0 fully saturated rings. The van der Waals surface area contributed by atoms with Crippen LogP contribution in [0.4, 0.5) is 0 Å². The first-order valence-corrected chi connectivity index (χ1v) is 9.60. The molecule has 0 aliphatic rings. The zero-order valence-corrected chi connectivity index (χ0v) is 17.3. The SMILES string of the molecule is C=CCc1cccc(C=NN(C)CC[N+](C)=Cc2cccc(CC=C)c2O)c1O. The average Bonchev–Trinajstić information content (AvgIpc) is 2.70. The van der Waals surface area contributed by atoms with Gasteiger partial charge in [0.25, 0.3) is 0 Å². The Morgan fingerprint density at radius 1 is 0.966 bits per heavy atom. The van der Waals surface area contributed by atoms with Gasteiger partial charge >= 0.3 is 0 Å². The third-order valence-corrected chi connectivity index (χ3v) is 4.56. The maximum atomic E-state index is 10.4. The Morgan fingerprint density at radius 3 is 2.10 bits per heavy atom. The number of aromatic hydroxyl groups is 2. The molecule has 2 aromatic rings. The summed E-state index contributed by atoms with van der Waals surface area (Å²) in [6, 6.07) is 11.3. The number of para-hydroxylation sites is 2. The summed E-state index contributed by atoms with van der Waals surface area (Å²) in [6.07, 6.45) is 8.38. The lowest BCUT2D eigenvalue weighted by molar-refractivity contribution is -0.492. The third-order valence-electron chi connectivity index (χ3n) is 4.56. The van der Waals surface area contributed by atoms with Crippen molar-refractivity contribution in [3.63, 3.8) is 0 Å². The number of hydrazone groups is 1. The van der Waals surface area contributed by atoms with Crippen molar-refractivity contribution in [3.8, 4) is 11.5 Å². The molecular weight excluding hydrogens is 362 g/mol. The van der Waals surface area contributed by atoms with Crippen LogP contribution in [-0.2, 0) is 12.8 Å². The molecule has 0 atom stereocenters. The maximum absolute atomic E-state index is 10.4. The number of hydrogen-bond donors (Lipinski definition) is 2. The Hall–Kier alpha value is -3.34. The van der Waals surface area contributed by atoms with E-state index in [1.807, 2.05) is 66.3 Å². The van der Waals surface area contributed by atoms with E-state index in [0.29, 0.717) is 30.7 Å². The number of phenols is 2. The summed E-state index contributed by atoms with van der Waals surface area (Å²) in [7, 11) is 3.85. The quantitative estimate of drug-likeness (QED) is 0.281. The number of benzene rings is 2. The van der Waals surface area contributed by atoms with E-state index in [9.17, 15) is 10.2 Å². The molecule has 0 unspecified atom stereocenters. The van der Waals surface area contributed by atoms with E-state index >= 15 is 0 Å². The summed E-state index contributed by atoms with van der Waals surface area (Å²) in [5, 5.41) is 26.9. The van der Waals surface area contributed by atoms with Crippen molar-refractivity contribution in [1.29, 1.82) is 0 Å². The molecular formula is C24H30N3O2+. The van der Waals surface area contributed by atoms with Crippen molar-refractivity contribution in [3.05, 3.63) is 84.0 Å². The largest absolute Gasteiger partial charge is 0.507 e. The fourth-order valence-corrected chi connectivity index (χ4v) is 2.89. The summed E-state index contributed by atoms with van der Waals surface area (Å²) >= 11 is 0. The van der Waals surface area contributed by atoms with E-state index < -0.39 is 0 Å². The van der Waals surface area contributed by atoms with E-state index in [2.05, 4.69) is 18.3 Å². The normalized spacial score (nSPS) is 11.6. The molecule has 5 heteroatoms. The van der Waals surface area contributed by atoms with Crippen LogP contribution < -0.4 is 0 Å². The number of rotatable bonds is 10. The van der Waals surface area contributed by atoms with Gasteiger partial charge in [0.2, 0.25) is 0 Å². The first-order valence-electron chi connectivity index (χ1n) is 9.60. The van der Waals surface area contributed by atoms with Gasteiger partial charge in [0.05, 0.1) is 18.3 Å². The molecule has 152 valence electrons. The molecule has 0 bridgehead atoms. The van der Waals surface area contributed by atoms with Crippen molar-refractivity contribution in [1.82, 2.24) is 5.01 Å². The second-order valence-corrected chi connectivity index (χ2v) is 6.93. The van der Waals surface area contributed by atoms with Crippen LogP contribution in [0.5, 0.6) is 11.5 Å². The van der Waals surface area contributed by atoms with Gasteiger partial charge in [-0.25, -0.2) is 4.58 Å². The number of nitrogens with zero attached hydrogens (tertiary/aromatic N) is 3. The average molecular weight is 393 g/mol. The minimum absolute atomic E-state index is 0.241. The van der Waals surface area contributed by atoms with E-state index in [1.165, 1.54) is 0 Å². The predicted octanol–water partition coefficient (Wildman–Crippen LogP) is 3.58. The highest BCUT2D eigenvalue weighted by Gasteiger charge is 2.08. The van der Waals surface area contributed by atoms with Gasteiger partial charge in [-0.1, -0.05) is 36.4 Å². The molecule has 0 heterocycles. The zero-order valence-electron chi connectivity index (χ0n) is 17.3. The van der Waals surface area contributed by atoms with Crippen molar-refractivity contribution in [2.24, 2.45) is 5.10 Å². The molecule has 5 nitrogen and oxygen atoms in total. The topological polar surface area (TPSA) is 59.1 Å². The van der Waals surface area contributed by atoms with E-state index in [0.717, 1.165) is 23.2 Å². The van der Waals surface area contributed by atoms with Crippen molar-refractivity contribution in [2.45, 2.75) is 12.8 Å². The van der Waals surface area contributed by atoms with Crippen LogP contribution in [-0.4, -0.2) is 59.4 Å². The fraction of sp³-hybridized carbons (Fsp3) is 0.250. The fourth-order valence-electron chi connectivity index (χ4n) is 2.89. The van der Waals surface area contributed by atoms with Gasteiger partial charge in [-0.15, -0.1) is 13.2 Å². The lowest BCUT2D eigenvalue weighted by Gasteiger charge is -2.11. The Kier molecular flexibility index (Phi) is 8.22. The highest BCUT2D eigenvalue weighted by atomic mass is 16.3. The van der Waals surface area contributed by atoms with E-state index in [4.69, 9.17) is 0 Å². The van der Waals surface area contributed by atoms with Gasteiger partial charge in [-0.05, 0) is 36.1 Å². The van der Waals surface area contributed by atoms with Crippen LogP contribution in [0.1, 0.15) is 22.3 Å². The molecule has 0 radical (unpaired) electrons. The molecule has 0 aliphatic heterocycles. The third kappa shape index (κ3) is 6.35. The monoisotopic (exact) mass is 392 g/mol. The van der Waals surface area contributed by atoms with Crippen LogP contribution in [0, 0.1) is 0 Å². The van der Waals surface area contributed by atoms with E-state index in [1.54, 1.807) is 18.4 Å². The first-order chi connectivity index (χ1) is 14.0. The second kappa shape index (κ2) is 10.9. The molecule has 2 N–H and O–H groups in total. The van der Waals surface area contributed by atoms with E-state index in [-0.39, 0.29) is 5.75 Å². The molecule has 0 aromatic heterocycles. The summed E-state index contributed by atoms with van der Waals surface area (Å²) in [5.74, 6) is 0.533. The molecule has 0 saturated carbocycles. The van der Waals surface area contributed by atoms with Gasteiger partial charge in [-0.2, -0.15) is 5.10 Å². The Bertz CT molecular complexity index is 916. The number of hydrogen-bond acceptors (Lipinski definition) is 4. The Morgan fingerprint density at radius 2 is 1.52 bits per heavy atom. The molecule has 0 aliphatic carbocycles. The zero-order chi connectivity index (χ0) is 21.2. The standard InChI is InChI=1S/C24H29N3O2/c1-5-9-19-11-7-13-21(23(19)28)17-25-27(4)16-15-26(3)18-22-14-8-12-20(10-6-2)24(22)29/h5-8,11-14,17-18H,1-2,9-10,15-16H2,3-4H3,(H,25,28)/p+1. The van der Waals surface area contributed by atoms with Gasteiger partial charge < -0.3 is 10.2 Å². The number of allylic oxidation sites excluding steroid dienone is 2. The number of likely N-dealkylation sites (N-methyl/N-ethyl adjacent to an activating group) is 2. The molecule has 29 heavy (non-hydrogen) atoms. The lowest BCUT2D eigenvalue weighted by atomic mass is 10.1. The number of phenolic OH excluding ortho intramolecular Hbond substituents is 2. The van der Waals surface area contributed by atoms with Crippen LogP contribution in [0.25, 0.3) is 0 Å². The van der Waals surface area contributed by atoms with Crippen molar-refractivity contribution in [2.75, 3.05) is 27.2 Å². The Balaban J connectivity index is 1.99. The molecule has 2 rings (SSSR count). The van der Waals surface area contributed by atoms with Crippen LogP contribution in [0.3, 0.4) is 0 Å². The molecule has 0 amide bonds. The highest BCUT2D eigenvalue weighted by Crippen LogP contribution is 2.22. The summed E-state index contributed by atoms with van der Waals surface area (Å²) in [4.78, 5) is 0. The minimum Gasteiger partial charge on any atom is -0.507 e. The highest BCUT2D eigenvalue weighted by molar-refractivity contribution is 5.84. The summed E-state index contributed by atoms with van der Waals surface area (Å²) < 4.78 is 2.01. The van der Waals surface area contributed by atoms with Gasteiger partial charge in [0.15, 0.2) is 12.8 Å². The van der Waals surface area contributed by atoms with Crippen LogP contribution in [0.2, 0.25) is 0 Å². The molecule has 0 saturated heterocycles. The molecule has 2 aromatic carbocycles. The smallest absolute Gasteiger partial charge is 0.174 e. The van der Waals surface area contributed by atoms with Crippen molar-refractivity contribution >= 4 is 12.4 Å². The van der Waals surface area contributed by atoms with Gasteiger partial charge in [0.1, 0.15) is 18.5 Å². The van der Waals surface area contributed by atoms with Gasteiger partial charge in [0, 0.05) is 12.6 Å². The van der Waals surface area contributed by atoms with Crippen LogP contribution >= 0.6 is 0 Å². The molecule has 0 spiro atoms. The predicted molar refractivity (Wildman–Crippen MR) is 120 cm³/mol. The summed E-state index contributed by atoms with van der Waals surface area (Å²) in [6.45, 7) is 8.84. The van der Waals surface area contributed by atoms with Crippen LogP contribution in [0.15, 0.2) is 66.8 Å². The van der Waals surface area contributed by atoms with Gasteiger partial charge in [-0.3, -0.25) is 5.01 Å². The minimum atomic E-state index is 0.241. The Labute approximate surface area is 173 Å². The van der Waals surface area contributed by atoms with Crippen molar-refractivity contribution < 1.29 is 14.8 Å².